The number of rotatable bonds is 4. The molecule has 0 heterocycles. The molecule has 0 aliphatic heterocycles. The predicted octanol–water partition coefficient (Wildman–Crippen LogP) is 4.05. The highest BCUT2D eigenvalue weighted by Gasteiger charge is 2.65. The van der Waals surface area contributed by atoms with E-state index in [-0.39, 0.29) is 21.6 Å². The first-order valence-electron chi connectivity index (χ1n) is 10.7. The summed E-state index contributed by atoms with van der Waals surface area (Å²) in [6, 6.07) is 16.8. The van der Waals surface area contributed by atoms with Crippen molar-refractivity contribution in [1.82, 2.24) is 0 Å². The zero-order valence-electron chi connectivity index (χ0n) is 16.5. The van der Waals surface area contributed by atoms with Crippen LogP contribution < -0.4 is 0 Å². The Morgan fingerprint density at radius 3 is 1.37 bits per heavy atom. The standard InChI is InChI=1S/C24H24O4S2/c25-29(26,17-7-3-1-4-8-17)23-19-14-20(22-16-12-11-15(13-16)21(19)22)24(23)30(27,28)18-9-5-2-6-10-18/h1-10,15-16,19-20,23-24H,11-14H2. The maximum absolute atomic E-state index is 13.8. The molecule has 0 amide bonds. The third-order valence-corrected chi connectivity index (χ3v) is 12.6. The summed E-state index contributed by atoms with van der Waals surface area (Å²) in [6.45, 7) is 0. The number of hydrogen-bond donors (Lipinski definition) is 0. The van der Waals surface area contributed by atoms with E-state index in [2.05, 4.69) is 0 Å². The molecule has 2 aromatic rings. The minimum atomic E-state index is -3.78. The number of allylic oxidation sites excluding steroid dienone is 2. The summed E-state index contributed by atoms with van der Waals surface area (Å²) in [7, 11) is -7.56. The summed E-state index contributed by atoms with van der Waals surface area (Å²) in [5.41, 5.74) is 2.64. The van der Waals surface area contributed by atoms with Gasteiger partial charge in [0, 0.05) is 0 Å². The van der Waals surface area contributed by atoms with Gasteiger partial charge < -0.3 is 0 Å². The highest BCUT2D eigenvalue weighted by Crippen LogP contribution is 2.66. The van der Waals surface area contributed by atoms with E-state index in [0.29, 0.717) is 18.3 Å². The van der Waals surface area contributed by atoms with Crippen molar-refractivity contribution < 1.29 is 16.8 Å². The summed E-state index contributed by atoms with van der Waals surface area (Å²) in [6.07, 6.45) is 4.01. The molecule has 30 heavy (non-hydrogen) atoms. The van der Waals surface area contributed by atoms with Crippen molar-refractivity contribution in [3.05, 3.63) is 71.8 Å². The Morgan fingerprint density at radius 1 is 0.567 bits per heavy atom. The summed E-state index contributed by atoms with van der Waals surface area (Å²) in [5, 5.41) is -1.79. The van der Waals surface area contributed by atoms with E-state index in [1.54, 1.807) is 60.7 Å². The van der Waals surface area contributed by atoms with Crippen LogP contribution in [0.15, 0.2) is 81.6 Å². The van der Waals surface area contributed by atoms with Crippen LogP contribution in [0.4, 0.5) is 0 Å². The second kappa shape index (κ2) is 6.30. The molecule has 4 aliphatic carbocycles. The molecular weight excluding hydrogens is 416 g/mol. The normalized spacial score (nSPS) is 34.5. The Bertz CT molecular complexity index is 1150. The monoisotopic (exact) mass is 440 g/mol. The van der Waals surface area contributed by atoms with Gasteiger partial charge in [0.15, 0.2) is 19.7 Å². The molecule has 156 valence electrons. The molecular formula is C24H24O4S2. The smallest absolute Gasteiger partial charge is 0.183 e. The minimum Gasteiger partial charge on any atom is -0.223 e. The van der Waals surface area contributed by atoms with Crippen LogP contribution in [0.25, 0.3) is 0 Å². The van der Waals surface area contributed by atoms with Crippen LogP contribution in [0.2, 0.25) is 0 Å². The zero-order valence-corrected chi connectivity index (χ0v) is 18.1. The first-order chi connectivity index (χ1) is 14.4. The molecule has 2 saturated carbocycles. The fourth-order valence-corrected chi connectivity index (χ4v) is 12.0. The summed E-state index contributed by atoms with van der Waals surface area (Å²) < 4.78 is 55.3. The second-order valence-corrected chi connectivity index (χ2v) is 13.4. The molecule has 4 aliphatic rings. The maximum Gasteiger partial charge on any atom is 0.183 e. The molecule has 4 bridgehead atoms. The van der Waals surface area contributed by atoms with Crippen LogP contribution in [0, 0.1) is 23.7 Å². The van der Waals surface area contributed by atoms with Crippen LogP contribution in [-0.4, -0.2) is 27.3 Å². The van der Waals surface area contributed by atoms with Crippen LogP contribution in [0.5, 0.6) is 0 Å². The zero-order chi connectivity index (χ0) is 20.7. The van der Waals surface area contributed by atoms with Crippen LogP contribution in [-0.2, 0) is 19.7 Å². The van der Waals surface area contributed by atoms with Crippen molar-refractivity contribution in [2.24, 2.45) is 23.7 Å². The average Bonchev–Trinajstić information content (AvgIpc) is 3.53. The number of benzene rings is 2. The van der Waals surface area contributed by atoms with Gasteiger partial charge in [0.25, 0.3) is 0 Å². The minimum absolute atomic E-state index is 0.158. The van der Waals surface area contributed by atoms with E-state index in [0.717, 1.165) is 19.3 Å². The van der Waals surface area contributed by atoms with Gasteiger partial charge in [-0.3, -0.25) is 0 Å². The third-order valence-electron chi connectivity index (χ3n) is 7.93. The highest BCUT2D eigenvalue weighted by molar-refractivity contribution is 7.96. The van der Waals surface area contributed by atoms with Crippen molar-refractivity contribution in [3.63, 3.8) is 0 Å². The predicted molar refractivity (Wildman–Crippen MR) is 114 cm³/mol. The summed E-state index contributed by atoms with van der Waals surface area (Å²) in [5.74, 6) is 0.616. The average molecular weight is 441 g/mol. The molecule has 6 heteroatoms. The quantitative estimate of drug-likeness (QED) is 0.531. The van der Waals surface area contributed by atoms with Gasteiger partial charge in [-0.15, -0.1) is 0 Å². The van der Waals surface area contributed by atoms with Gasteiger partial charge in [0.1, 0.15) is 0 Å². The molecule has 2 aromatic carbocycles. The lowest BCUT2D eigenvalue weighted by atomic mass is 9.82. The fraction of sp³-hybridized carbons (Fsp3) is 0.417. The van der Waals surface area contributed by atoms with E-state index >= 15 is 0 Å². The van der Waals surface area contributed by atoms with Gasteiger partial charge in [-0.05, 0) is 73.6 Å². The molecule has 6 unspecified atom stereocenters. The van der Waals surface area contributed by atoms with Crippen LogP contribution >= 0.6 is 0 Å². The van der Waals surface area contributed by atoms with E-state index in [4.69, 9.17) is 0 Å². The molecule has 0 saturated heterocycles. The molecule has 6 rings (SSSR count). The Balaban J connectivity index is 1.55. The summed E-state index contributed by atoms with van der Waals surface area (Å²) >= 11 is 0. The largest absolute Gasteiger partial charge is 0.223 e. The lowest BCUT2D eigenvalue weighted by Gasteiger charge is -2.35. The molecule has 0 aromatic heterocycles. The van der Waals surface area contributed by atoms with Crippen molar-refractivity contribution in [2.45, 2.75) is 46.0 Å². The lowest BCUT2D eigenvalue weighted by molar-refractivity contribution is 0.494. The van der Waals surface area contributed by atoms with Crippen molar-refractivity contribution in [2.75, 3.05) is 0 Å². The molecule has 0 N–H and O–H groups in total. The van der Waals surface area contributed by atoms with Gasteiger partial charge in [-0.1, -0.05) is 47.5 Å². The van der Waals surface area contributed by atoms with Crippen LogP contribution in [0.1, 0.15) is 25.7 Å². The van der Waals surface area contributed by atoms with Gasteiger partial charge in [-0.25, -0.2) is 16.8 Å². The SMILES string of the molecule is O=S(=O)(c1ccccc1)C1C2CC(C3=C2C2CCC3C2)C1S(=O)(=O)c1ccccc1. The first kappa shape index (κ1) is 18.8. The molecule has 4 nitrogen and oxygen atoms in total. The Hall–Kier alpha value is -1.92. The number of fused-ring (bicyclic) bond motifs is 8. The molecule has 2 fully saturated rings. The number of hydrogen-bond acceptors (Lipinski definition) is 4. The van der Waals surface area contributed by atoms with Gasteiger partial charge in [0.05, 0.1) is 20.3 Å². The Kier molecular flexibility index (Phi) is 3.95. The maximum atomic E-state index is 13.8. The number of sulfone groups is 2. The molecule has 6 atom stereocenters. The molecule has 0 radical (unpaired) electrons. The topological polar surface area (TPSA) is 68.3 Å². The van der Waals surface area contributed by atoms with Gasteiger partial charge in [-0.2, -0.15) is 0 Å². The molecule has 0 spiro atoms. The van der Waals surface area contributed by atoms with E-state index in [1.807, 2.05) is 0 Å². The van der Waals surface area contributed by atoms with E-state index < -0.39 is 30.2 Å². The Morgan fingerprint density at radius 2 is 0.967 bits per heavy atom. The van der Waals surface area contributed by atoms with Crippen LogP contribution in [0.3, 0.4) is 0 Å². The van der Waals surface area contributed by atoms with Gasteiger partial charge in [0.2, 0.25) is 0 Å². The lowest BCUT2D eigenvalue weighted by Crippen LogP contribution is -2.45. The van der Waals surface area contributed by atoms with Crippen molar-refractivity contribution in [1.29, 1.82) is 0 Å². The van der Waals surface area contributed by atoms with Crippen molar-refractivity contribution >= 4 is 19.7 Å². The Labute approximate surface area is 177 Å². The van der Waals surface area contributed by atoms with Crippen molar-refractivity contribution in [3.8, 4) is 0 Å². The highest BCUT2D eigenvalue weighted by atomic mass is 32.2. The van der Waals surface area contributed by atoms with E-state index in [1.165, 1.54) is 11.1 Å². The van der Waals surface area contributed by atoms with Gasteiger partial charge >= 0.3 is 0 Å². The van der Waals surface area contributed by atoms with E-state index in [9.17, 15) is 16.8 Å². The second-order valence-electron chi connectivity index (χ2n) is 9.21. The fourth-order valence-electron chi connectivity index (χ4n) is 6.98. The third kappa shape index (κ3) is 2.38. The summed E-state index contributed by atoms with van der Waals surface area (Å²) in [4.78, 5) is 0.474. The first-order valence-corrected chi connectivity index (χ1v) is 13.8.